The molecule has 1 N–H and O–H groups in total. The van der Waals surface area contributed by atoms with E-state index in [0.29, 0.717) is 18.5 Å². The number of aromatic nitrogens is 5. The zero-order valence-corrected chi connectivity index (χ0v) is 21.5. The Kier molecular flexibility index (Phi) is 7.06. The number of rotatable bonds is 7. The summed E-state index contributed by atoms with van der Waals surface area (Å²) < 4.78 is 1.89. The van der Waals surface area contributed by atoms with Crippen molar-refractivity contribution < 1.29 is 0 Å². The van der Waals surface area contributed by atoms with Gasteiger partial charge in [0.2, 0.25) is 0 Å². The molecule has 39 heavy (non-hydrogen) atoms. The van der Waals surface area contributed by atoms with Gasteiger partial charge in [0.1, 0.15) is 11.5 Å². The highest BCUT2D eigenvalue weighted by molar-refractivity contribution is 5.78. The lowest BCUT2D eigenvalue weighted by molar-refractivity contribution is 0.589. The van der Waals surface area contributed by atoms with Gasteiger partial charge in [-0.05, 0) is 53.6 Å². The molecule has 3 aromatic heterocycles. The van der Waals surface area contributed by atoms with Gasteiger partial charge in [-0.2, -0.15) is 10.4 Å². The first-order valence-corrected chi connectivity index (χ1v) is 13.1. The molecule has 0 atom stereocenters. The van der Waals surface area contributed by atoms with E-state index < -0.39 is 0 Å². The first kappa shape index (κ1) is 24.5. The second kappa shape index (κ2) is 11.3. The van der Waals surface area contributed by atoms with E-state index in [9.17, 15) is 5.26 Å². The van der Waals surface area contributed by atoms with Crippen LogP contribution >= 0.6 is 0 Å². The molecule has 0 radical (unpaired) electrons. The standard InChI is InChI=1S/C31H28N8/c32-19-24-3-1-4-25(17-24)21-39-22-28(31(37-39)26-5-2-11-34-20-26)29-10-12-35-30(36-29)18-23-6-8-27(9-7-23)38-15-13-33-14-16-38/h1-12,17,20,22,33H,13-16,18,21H2. The zero-order chi connectivity index (χ0) is 26.4. The number of hydrogen-bond donors (Lipinski definition) is 1. The molecular formula is C31H28N8. The number of piperazine rings is 1. The Morgan fingerprint density at radius 1 is 0.923 bits per heavy atom. The van der Waals surface area contributed by atoms with E-state index in [2.05, 4.69) is 50.5 Å². The topological polar surface area (TPSA) is 95.6 Å². The fraction of sp³-hybridized carbons (Fsp3) is 0.194. The third-order valence-electron chi connectivity index (χ3n) is 6.86. The lowest BCUT2D eigenvalue weighted by Gasteiger charge is -2.29. The molecule has 0 bridgehead atoms. The van der Waals surface area contributed by atoms with Crippen LogP contribution in [0.25, 0.3) is 22.5 Å². The molecule has 1 fully saturated rings. The summed E-state index contributed by atoms with van der Waals surface area (Å²) in [6.45, 7) is 4.64. The maximum Gasteiger partial charge on any atom is 0.133 e. The minimum atomic E-state index is 0.542. The molecule has 2 aromatic carbocycles. The van der Waals surface area contributed by atoms with E-state index in [0.717, 1.165) is 60.1 Å². The summed E-state index contributed by atoms with van der Waals surface area (Å²) in [6, 6.07) is 24.4. The van der Waals surface area contributed by atoms with Crippen molar-refractivity contribution in [3.8, 4) is 28.6 Å². The van der Waals surface area contributed by atoms with Gasteiger partial charge in [-0.15, -0.1) is 0 Å². The Morgan fingerprint density at radius 2 is 1.79 bits per heavy atom. The van der Waals surface area contributed by atoms with Gasteiger partial charge in [0.05, 0.1) is 23.9 Å². The van der Waals surface area contributed by atoms with Crippen LogP contribution in [-0.2, 0) is 13.0 Å². The van der Waals surface area contributed by atoms with Crippen LogP contribution in [0.15, 0.2) is 91.5 Å². The Balaban J connectivity index is 1.28. The lowest BCUT2D eigenvalue weighted by Crippen LogP contribution is -2.43. The summed E-state index contributed by atoms with van der Waals surface area (Å²) in [5.41, 5.74) is 7.52. The first-order chi connectivity index (χ1) is 19.2. The van der Waals surface area contributed by atoms with Crippen LogP contribution in [0.3, 0.4) is 0 Å². The summed E-state index contributed by atoms with van der Waals surface area (Å²) in [5, 5.41) is 17.6. The van der Waals surface area contributed by atoms with Crippen LogP contribution in [0.1, 0.15) is 22.5 Å². The van der Waals surface area contributed by atoms with Crippen LogP contribution < -0.4 is 10.2 Å². The van der Waals surface area contributed by atoms with Crippen molar-refractivity contribution >= 4 is 5.69 Å². The molecule has 0 spiro atoms. The summed E-state index contributed by atoms with van der Waals surface area (Å²) in [5.74, 6) is 0.758. The van der Waals surface area contributed by atoms with Crippen LogP contribution in [0.2, 0.25) is 0 Å². The average Bonchev–Trinajstić information content (AvgIpc) is 3.42. The van der Waals surface area contributed by atoms with E-state index >= 15 is 0 Å². The highest BCUT2D eigenvalue weighted by Gasteiger charge is 2.16. The van der Waals surface area contributed by atoms with Gasteiger partial charge in [0.15, 0.2) is 0 Å². The largest absolute Gasteiger partial charge is 0.369 e. The lowest BCUT2D eigenvalue weighted by atomic mass is 10.1. The number of nitrogens with zero attached hydrogens (tertiary/aromatic N) is 7. The van der Waals surface area contributed by atoms with Gasteiger partial charge in [-0.25, -0.2) is 9.97 Å². The fourth-order valence-corrected chi connectivity index (χ4v) is 4.90. The van der Waals surface area contributed by atoms with E-state index in [-0.39, 0.29) is 0 Å². The second-order valence-electron chi connectivity index (χ2n) is 9.58. The van der Waals surface area contributed by atoms with Crippen molar-refractivity contribution in [3.05, 3.63) is 114 Å². The van der Waals surface area contributed by atoms with E-state index in [1.165, 1.54) is 11.3 Å². The summed E-state index contributed by atoms with van der Waals surface area (Å²) in [4.78, 5) is 16.2. The molecule has 1 saturated heterocycles. The van der Waals surface area contributed by atoms with Crippen LogP contribution in [0.4, 0.5) is 5.69 Å². The molecule has 1 aliphatic heterocycles. The van der Waals surface area contributed by atoms with Crippen molar-refractivity contribution in [2.45, 2.75) is 13.0 Å². The molecular weight excluding hydrogens is 484 g/mol. The summed E-state index contributed by atoms with van der Waals surface area (Å²) in [7, 11) is 0. The second-order valence-corrected chi connectivity index (χ2v) is 9.58. The summed E-state index contributed by atoms with van der Waals surface area (Å²) >= 11 is 0. The summed E-state index contributed by atoms with van der Waals surface area (Å²) in [6.07, 6.45) is 8.04. The Morgan fingerprint density at radius 3 is 2.59 bits per heavy atom. The average molecular weight is 513 g/mol. The number of pyridine rings is 1. The molecule has 0 saturated carbocycles. The Bertz CT molecular complexity index is 1600. The smallest absolute Gasteiger partial charge is 0.133 e. The highest BCUT2D eigenvalue weighted by atomic mass is 15.3. The Labute approximate surface area is 227 Å². The molecule has 4 heterocycles. The van der Waals surface area contributed by atoms with Crippen molar-refractivity contribution in [3.63, 3.8) is 0 Å². The third-order valence-corrected chi connectivity index (χ3v) is 6.86. The van der Waals surface area contributed by atoms with E-state index in [4.69, 9.17) is 10.1 Å². The molecule has 0 amide bonds. The number of hydrogen-bond acceptors (Lipinski definition) is 7. The van der Waals surface area contributed by atoms with Crippen molar-refractivity contribution in [1.29, 1.82) is 5.26 Å². The van der Waals surface area contributed by atoms with Gasteiger partial charge >= 0.3 is 0 Å². The predicted molar refractivity (Wildman–Crippen MR) is 151 cm³/mol. The van der Waals surface area contributed by atoms with Crippen LogP contribution in [-0.4, -0.2) is 50.9 Å². The van der Waals surface area contributed by atoms with Crippen molar-refractivity contribution in [2.24, 2.45) is 0 Å². The first-order valence-electron chi connectivity index (χ1n) is 13.1. The van der Waals surface area contributed by atoms with Gasteiger partial charge in [0, 0.05) is 74.2 Å². The van der Waals surface area contributed by atoms with Crippen molar-refractivity contribution in [2.75, 3.05) is 31.1 Å². The molecule has 0 aliphatic carbocycles. The number of anilines is 1. The van der Waals surface area contributed by atoms with Crippen LogP contribution in [0.5, 0.6) is 0 Å². The quantitative estimate of drug-likeness (QED) is 0.347. The maximum absolute atomic E-state index is 9.28. The fourth-order valence-electron chi connectivity index (χ4n) is 4.90. The zero-order valence-electron chi connectivity index (χ0n) is 21.5. The normalized spacial score (nSPS) is 13.3. The van der Waals surface area contributed by atoms with E-state index in [1.54, 1.807) is 12.3 Å². The third kappa shape index (κ3) is 5.69. The minimum Gasteiger partial charge on any atom is -0.369 e. The van der Waals surface area contributed by atoms with Crippen molar-refractivity contribution in [1.82, 2.24) is 30.0 Å². The molecule has 1 aliphatic rings. The number of benzene rings is 2. The molecule has 8 heteroatoms. The molecule has 6 rings (SSSR count). The van der Waals surface area contributed by atoms with Crippen LogP contribution in [0, 0.1) is 11.3 Å². The van der Waals surface area contributed by atoms with Gasteiger partial charge in [-0.3, -0.25) is 9.67 Å². The monoisotopic (exact) mass is 512 g/mol. The van der Waals surface area contributed by atoms with Gasteiger partial charge in [-0.1, -0.05) is 24.3 Å². The predicted octanol–water partition coefficient (Wildman–Crippen LogP) is 4.32. The number of nitrogens with one attached hydrogen (secondary N) is 1. The molecule has 0 unspecified atom stereocenters. The molecule has 5 aromatic rings. The molecule has 192 valence electrons. The van der Waals surface area contributed by atoms with Gasteiger partial charge in [0.25, 0.3) is 0 Å². The van der Waals surface area contributed by atoms with E-state index in [1.807, 2.05) is 59.7 Å². The SMILES string of the molecule is N#Cc1cccc(Cn2cc(-c3ccnc(Cc4ccc(N5CCNCC5)cc4)n3)c(-c3cccnc3)n2)c1. The highest BCUT2D eigenvalue weighted by Crippen LogP contribution is 2.30. The minimum absolute atomic E-state index is 0.542. The van der Waals surface area contributed by atoms with Gasteiger partial charge < -0.3 is 10.2 Å². The number of nitriles is 1. The molecule has 8 nitrogen and oxygen atoms in total. The maximum atomic E-state index is 9.28. The Hall–Kier alpha value is -4.87.